The minimum absolute atomic E-state index is 0.00737. The van der Waals surface area contributed by atoms with Gasteiger partial charge in [-0.25, -0.2) is 8.42 Å². The van der Waals surface area contributed by atoms with E-state index in [9.17, 15) is 8.42 Å². The topological polar surface area (TPSA) is 103 Å². The number of fused-ring (bicyclic) bond motifs is 1. The summed E-state index contributed by atoms with van der Waals surface area (Å²) >= 11 is 0. The molecule has 1 atom stereocenters. The third-order valence-electron chi connectivity index (χ3n) is 4.74. The van der Waals surface area contributed by atoms with Crippen molar-refractivity contribution >= 4 is 26.8 Å². The van der Waals surface area contributed by atoms with E-state index in [4.69, 9.17) is 11.1 Å². The maximum atomic E-state index is 13.5. The molecular weight excluding hydrogens is 350 g/mol. The fraction of sp³-hybridized carbons (Fsp3) is 0.444. The molecule has 1 fully saturated rings. The van der Waals surface area contributed by atoms with Crippen LogP contribution in [0, 0.1) is 11.3 Å². The molecule has 0 amide bonds. The molecule has 2 heterocycles. The minimum atomic E-state index is -3.66. The molecule has 1 aliphatic heterocycles. The number of piperazine rings is 1. The number of guanidine groups is 1. The first-order valence-corrected chi connectivity index (χ1v) is 10.2. The predicted molar refractivity (Wildman–Crippen MR) is 102 cm³/mol. The van der Waals surface area contributed by atoms with Gasteiger partial charge in [-0.15, -0.1) is 0 Å². The number of pyridine rings is 1. The quantitative estimate of drug-likeness (QED) is 0.627. The molecule has 0 radical (unpaired) electrons. The van der Waals surface area contributed by atoms with Crippen LogP contribution in [0.2, 0.25) is 0 Å². The van der Waals surface area contributed by atoms with E-state index in [1.54, 1.807) is 39.8 Å². The van der Waals surface area contributed by atoms with E-state index in [0.29, 0.717) is 35.8 Å². The Morgan fingerprint density at radius 3 is 2.81 bits per heavy atom. The van der Waals surface area contributed by atoms with Gasteiger partial charge in [0.15, 0.2) is 5.96 Å². The highest BCUT2D eigenvalue weighted by Gasteiger charge is 2.37. The van der Waals surface area contributed by atoms with Gasteiger partial charge in [0.1, 0.15) is 0 Å². The van der Waals surface area contributed by atoms with Crippen LogP contribution < -0.4 is 5.73 Å². The van der Waals surface area contributed by atoms with Crippen LogP contribution >= 0.6 is 0 Å². The Morgan fingerprint density at radius 1 is 1.35 bits per heavy atom. The second kappa shape index (κ2) is 7.20. The summed E-state index contributed by atoms with van der Waals surface area (Å²) in [5.74, 6) is 0.327. The average molecular weight is 375 g/mol. The molecule has 140 valence electrons. The molecule has 7 nitrogen and oxygen atoms in total. The smallest absolute Gasteiger partial charge is 0.244 e. The Balaban J connectivity index is 2.02. The van der Waals surface area contributed by atoms with Crippen LogP contribution in [0.5, 0.6) is 0 Å². The third-order valence-corrected chi connectivity index (χ3v) is 6.75. The summed E-state index contributed by atoms with van der Waals surface area (Å²) in [4.78, 5) is 6.13. The van der Waals surface area contributed by atoms with E-state index >= 15 is 0 Å². The van der Waals surface area contributed by atoms with E-state index in [1.807, 2.05) is 6.07 Å². The number of nitrogens with two attached hydrogens (primary N) is 1. The highest BCUT2D eigenvalue weighted by atomic mass is 32.2. The zero-order valence-corrected chi connectivity index (χ0v) is 15.9. The van der Waals surface area contributed by atoms with Gasteiger partial charge in [0.05, 0.1) is 4.90 Å². The second-order valence-electron chi connectivity index (χ2n) is 7.08. The van der Waals surface area contributed by atoms with Gasteiger partial charge in [-0.1, -0.05) is 26.0 Å². The molecule has 1 aromatic carbocycles. The lowest BCUT2D eigenvalue weighted by atomic mass is 10.0. The Kier molecular flexibility index (Phi) is 5.15. The van der Waals surface area contributed by atoms with Gasteiger partial charge < -0.3 is 10.6 Å². The van der Waals surface area contributed by atoms with Gasteiger partial charge in [0.2, 0.25) is 10.0 Å². The van der Waals surface area contributed by atoms with Gasteiger partial charge >= 0.3 is 0 Å². The van der Waals surface area contributed by atoms with E-state index in [-0.39, 0.29) is 12.0 Å². The summed E-state index contributed by atoms with van der Waals surface area (Å²) < 4.78 is 28.5. The lowest BCUT2D eigenvalue weighted by Crippen LogP contribution is -2.57. The molecule has 2 aromatic rings. The van der Waals surface area contributed by atoms with Crippen LogP contribution in [0.15, 0.2) is 41.6 Å². The molecular formula is C18H25N5O2S. The number of benzene rings is 1. The number of nitrogens with zero attached hydrogens (tertiary/aromatic N) is 3. The molecule has 1 aliphatic rings. The third kappa shape index (κ3) is 3.52. The van der Waals surface area contributed by atoms with Gasteiger partial charge in [0, 0.05) is 48.8 Å². The summed E-state index contributed by atoms with van der Waals surface area (Å²) in [6.45, 7) is 5.33. The molecule has 0 saturated carbocycles. The highest BCUT2D eigenvalue weighted by molar-refractivity contribution is 7.89. The van der Waals surface area contributed by atoms with Crippen molar-refractivity contribution in [3.63, 3.8) is 0 Å². The second-order valence-corrected chi connectivity index (χ2v) is 8.94. The molecule has 1 saturated heterocycles. The van der Waals surface area contributed by atoms with Crippen molar-refractivity contribution in [3.8, 4) is 0 Å². The molecule has 1 unspecified atom stereocenters. The first-order valence-electron chi connectivity index (χ1n) is 8.74. The Bertz CT molecular complexity index is 907. The average Bonchev–Trinajstić information content (AvgIpc) is 2.60. The molecule has 0 spiro atoms. The van der Waals surface area contributed by atoms with Crippen molar-refractivity contribution in [1.29, 1.82) is 5.41 Å². The van der Waals surface area contributed by atoms with Gasteiger partial charge in [0.25, 0.3) is 0 Å². The molecule has 0 bridgehead atoms. The van der Waals surface area contributed by atoms with E-state index in [0.717, 1.165) is 11.8 Å². The first kappa shape index (κ1) is 18.6. The number of aromatic nitrogens is 1. The summed E-state index contributed by atoms with van der Waals surface area (Å²) in [7, 11) is -3.66. The molecule has 3 N–H and O–H groups in total. The lowest BCUT2D eigenvalue weighted by Gasteiger charge is -2.41. The number of hydrogen-bond donors (Lipinski definition) is 2. The zero-order valence-electron chi connectivity index (χ0n) is 15.1. The van der Waals surface area contributed by atoms with E-state index in [1.165, 1.54) is 0 Å². The molecule has 0 aliphatic carbocycles. The molecule has 26 heavy (non-hydrogen) atoms. The standard InChI is InChI=1S/C18H25N5O2S/c1-13(2)10-15-12-22(18(19)20)8-9-23(15)26(24,25)17-5-3-4-14-11-21-7-6-16(14)17/h3-7,11,13,15H,8-10,12H2,1-2H3,(H3,19,20). The van der Waals surface area contributed by atoms with Crippen LogP contribution in [0.4, 0.5) is 0 Å². The van der Waals surface area contributed by atoms with Crippen molar-refractivity contribution in [2.45, 2.75) is 31.2 Å². The van der Waals surface area contributed by atoms with Crippen molar-refractivity contribution in [2.24, 2.45) is 11.7 Å². The molecule has 8 heteroatoms. The zero-order chi connectivity index (χ0) is 18.9. The fourth-order valence-electron chi connectivity index (χ4n) is 3.55. The van der Waals surface area contributed by atoms with Crippen LogP contribution in [-0.2, 0) is 10.0 Å². The van der Waals surface area contributed by atoms with Crippen LogP contribution in [0.25, 0.3) is 10.8 Å². The van der Waals surface area contributed by atoms with Gasteiger partial charge in [-0.05, 0) is 24.5 Å². The molecule has 3 rings (SSSR count). The summed E-state index contributed by atoms with van der Waals surface area (Å²) in [5.41, 5.74) is 5.63. The Hall–Kier alpha value is -2.19. The fourth-order valence-corrected chi connectivity index (χ4v) is 5.39. The highest BCUT2D eigenvalue weighted by Crippen LogP contribution is 2.29. The molecule has 1 aromatic heterocycles. The van der Waals surface area contributed by atoms with Crippen molar-refractivity contribution in [2.75, 3.05) is 19.6 Å². The maximum absolute atomic E-state index is 13.5. The van der Waals surface area contributed by atoms with E-state index < -0.39 is 10.0 Å². The van der Waals surface area contributed by atoms with Gasteiger partial charge in [-0.3, -0.25) is 10.4 Å². The number of hydrogen-bond acceptors (Lipinski definition) is 4. The Morgan fingerprint density at radius 2 is 2.12 bits per heavy atom. The summed E-state index contributed by atoms with van der Waals surface area (Å²) in [5, 5.41) is 9.17. The van der Waals surface area contributed by atoms with Crippen molar-refractivity contribution in [1.82, 2.24) is 14.2 Å². The normalized spacial score (nSPS) is 19.2. The van der Waals surface area contributed by atoms with Crippen LogP contribution in [0.1, 0.15) is 20.3 Å². The lowest BCUT2D eigenvalue weighted by molar-refractivity contribution is 0.171. The predicted octanol–water partition coefficient (Wildman–Crippen LogP) is 1.85. The van der Waals surface area contributed by atoms with E-state index in [2.05, 4.69) is 18.8 Å². The van der Waals surface area contributed by atoms with Crippen LogP contribution in [-0.4, -0.2) is 54.2 Å². The van der Waals surface area contributed by atoms with Crippen molar-refractivity contribution < 1.29 is 8.42 Å². The number of sulfonamides is 1. The monoisotopic (exact) mass is 375 g/mol. The summed E-state index contributed by atoms with van der Waals surface area (Å²) in [6, 6.07) is 6.79. The first-order chi connectivity index (χ1) is 12.3. The minimum Gasteiger partial charge on any atom is -0.370 e. The van der Waals surface area contributed by atoms with Crippen LogP contribution in [0.3, 0.4) is 0 Å². The largest absolute Gasteiger partial charge is 0.370 e. The number of rotatable bonds is 4. The number of nitrogens with one attached hydrogen (secondary N) is 1. The van der Waals surface area contributed by atoms with Crippen molar-refractivity contribution in [3.05, 3.63) is 36.7 Å². The van der Waals surface area contributed by atoms with Gasteiger partial charge in [-0.2, -0.15) is 4.31 Å². The maximum Gasteiger partial charge on any atom is 0.244 e. The Labute approximate surface area is 154 Å². The summed E-state index contributed by atoms with van der Waals surface area (Å²) in [6.07, 6.45) is 4.00. The SMILES string of the molecule is CC(C)CC1CN(C(=N)N)CCN1S(=O)(=O)c1cccc2cnccc12.